The van der Waals surface area contributed by atoms with Crippen LogP contribution < -0.4 is 5.76 Å². The number of benzene rings is 1. The van der Waals surface area contributed by atoms with Gasteiger partial charge >= 0.3 is 5.76 Å². The van der Waals surface area contributed by atoms with Gasteiger partial charge in [0.25, 0.3) is 0 Å². The lowest BCUT2D eigenvalue weighted by molar-refractivity contribution is 0.101. The number of aromatic nitrogens is 1. The summed E-state index contributed by atoms with van der Waals surface area (Å²) < 4.78 is 6.32. The zero-order valence-electron chi connectivity index (χ0n) is 8.77. The van der Waals surface area contributed by atoms with Crippen molar-refractivity contribution >= 4 is 16.9 Å². The first kappa shape index (κ1) is 10.6. The summed E-state index contributed by atoms with van der Waals surface area (Å²) in [6, 6.07) is 4.81. The first-order valence-electron chi connectivity index (χ1n) is 4.88. The van der Waals surface area contributed by atoms with E-state index < -0.39 is 5.76 Å². The molecule has 1 N–H and O–H groups in total. The Hall–Kier alpha value is -1.88. The van der Waals surface area contributed by atoms with E-state index in [4.69, 9.17) is 9.52 Å². The molecule has 16 heavy (non-hydrogen) atoms. The van der Waals surface area contributed by atoms with Gasteiger partial charge in [0, 0.05) is 5.56 Å². The van der Waals surface area contributed by atoms with Crippen molar-refractivity contribution in [2.45, 2.75) is 13.5 Å². The third kappa shape index (κ3) is 1.65. The van der Waals surface area contributed by atoms with Gasteiger partial charge in [0.2, 0.25) is 0 Å². The normalized spacial score (nSPS) is 10.9. The molecule has 0 saturated heterocycles. The lowest BCUT2D eigenvalue weighted by Crippen LogP contribution is -2.15. The number of nitrogens with zero attached hydrogens (tertiary/aromatic N) is 1. The van der Waals surface area contributed by atoms with Crippen molar-refractivity contribution in [2.24, 2.45) is 0 Å². The molecule has 0 spiro atoms. The Bertz CT molecular complexity index is 594. The highest BCUT2D eigenvalue weighted by Crippen LogP contribution is 2.15. The Balaban J connectivity index is 2.65. The van der Waals surface area contributed by atoms with Crippen LogP contribution in [-0.2, 0) is 6.54 Å². The maximum Gasteiger partial charge on any atom is 0.420 e. The Morgan fingerprint density at radius 1 is 1.50 bits per heavy atom. The van der Waals surface area contributed by atoms with Gasteiger partial charge in [-0.15, -0.1) is 0 Å². The molecule has 0 unspecified atom stereocenters. The lowest BCUT2D eigenvalue weighted by atomic mass is 10.1. The number of fused-ring (bicyclic) bond motifs is 1. The molecule has 2 rings (SSSR count). The number of ketones is 1. The molecule has 0 radical (unpaired) electrons. The van der Waals surface area contributed by atoms with Crippen LogP contribution in [0.25, 0.3) is 11.1 Å². The van der Waals surface area contributed by atoms with Gasteiger partial charge < -0.3 is 9.52 Å². The van der Waals surface area contributed by atoms with E-state index >= 15 is 0 Å². The third-order valence-corrected chi connectivity index (χ3v) is 2.40. The molecule has 1 aromatic heterocycles. The topological polar surface area (TPSA) is 72.4 Å². The van der Waals surface area contributed by atoms with Crippen molar-refractivity contribution in [2.75, 3.05) is 6.61 Å². The summed E-state index contributed by atoms with van der Waals surface area (Å²) in [5.74, 6) is -0.607. The van der Waals surface area contributed by atoms with E-state index in [1.165, 1.54) is 17.6 Å². The summed E-state index contributed by atoms with van der Waals surface area (Å²) in [7, 11) is 0. The van der Waals surface area contributed by atoms with Gasteiger partial charge in [0.05, 0.1) is 18.7 Å². The minimum absolute atomic E-state index is 0.0838. The second-order valence-corrected chi connectivity index (χ2v) is 3.48. The van der Waals surface area contributed by atoms with Gasteiger partial charge in [-0.05, 0) is 25.1 Å². The molecule has 0 amide bonds. The minimum Gasteiger partial charge on any atom is -0.408 e. The van der Waals surface area contributed by atoms with Crippen LogP contribution >= 0.6 is 0 Å². The van der Waals surface area contributed by atoms with Crippen LogP contribution in [0.2, 0.25) is 0 Å². The maximum atomic E-state index is 11.4. The second kappa shape index (κ2) is 3.94. The summed E-state index contributed by atoms with van der Waals surface area (Å²) in [4.78, 5) is 22.5. The van der Waals surface area contributed by atoms with Crippen LogP contribution in [0.15, 0.2) is 27.4 Å². The highest BCUT2D eigenvalue weighted by atomic mass is 16.4. The summed E-state index contributed by atoms with van der Waals surface area (Å²) in [5, 5.41) is 8.81. The molecule has 2 aromatic rings. The highest BCUT2D eigenvalue weighted by Gasteiger charge is 2.10. The number of aliphatic hydroxyl groups excluding tert-OH is 1. The zero-order valence-corrected chi connectivity index (χ0v) is 8.77. The standard InChI is InChI=1S/C11H11NO4/c1-7(14)8-2-3-9-10(6-8)16-11(15)12(9)4-5-13/h2-3,6,13H,4-5H2,1H3. The van der Waals surface area contributed by atoms with E-state index in [-0.39, 0.29) is 18.9 Å². The molecule has 1 heterocycles. The molecule has 5 heteroatoms. The van der Waals surface area contributed by atoms with Crippen molar-refractivity contribution in [3.05, 3.63) is 34.3 Å². The quantitative estimate of drug-likeness (QED) is 0.778. The molecule has 0 aliphatic carbocycles. The van der Waals surface area contributed by atoms with Gasteiger partial charge in [-0.3, -0.25) is 9.36 Å². The molecule has 0 bridgehead atoms. The van der Waals surface area contributed by atoms with Gasteiger partial charge in [-0.2, -0.15) is 0 Å². The van der Waals surface area contributed by atoms with E-state index in [9.17, 15) is 9.59 Å². The van der Waals surface area contributed by atoms with Crippen molar-refractivity contribution in [1.82, 2.24) is 4.57 Å². The number of carbonyl (C=O) groups excluding carboxylic acids is 1. The molecule has 0 saturated carbocycles. The van der Waals surface area contributed by atoms with Crippen LogP contribution in [0.3, 0.4) is 0 Å². The van der Waals surface area contributed by atoms with Crippen LogP contribution in [0.1, 0.15) is 17.3 Å². The van der Waals surface area contributed by atoms with Crippen LogP contribution in [0.4, 0.5) is 0 Å². The van der Waals surface area contributed by atoms with E-state index in [0.717, 1.165) is 0 Å². The Morgan fingerprint density at radius 3 is 2.88 bits per heavy atom. The fraction of sp³-hybridized carbons (Fsp3) is 0.273. The fourth-order valence-corrected chi connectivity index (χ4v) is 1.60. The Morgan fingerprint density at radius 2 is 2.25 bits per heavy atom. The molecule has 0 aliphatic rings. The molecular formula is C11H11NO4. The minimum atomic E-state index is -0.523. The van der Waals surface area contributed by atoms with E-state index in [0.29, 0.717) is 16.7 Å². The fourth-order valence-electron chi connectivity index (χ4n) is 1.60. The zero-order chi connectivity index (χ0) is 11.7. The number of oxazole rings is 1. The van der Waals surface area contributed by atoms with E-state index in [1.54, 1.807) is 12.1 Å². The number of rotatable bonds is 3. The monoisotopic (exact) mass is 221 g/mol. The smallest absolute Gasteiger partial charge is 0.408 e. The Kier molecular flexibility index (Phi) is 2.62. The molecular weight excluding hydrogens is 210 g/mol. The molecule has 84 valence electrons. The third-order valence-electron chi connectivity index (χ3n) is 2.40. The molecule has 1 aromatic carbocycles. The van der Waals surface area contributed by atoms with Crippen LogP contribution in [0.5, 0.6) is 0 Å². The first-order valence-corrected chi connectivity index (χ1v) is 4.88. The molecule has 0 fully saturated rings. The first-order chi connectivity index (χ1) is 7.63. The van der Waals surface area contributed by atoms with Crippen LogP contribution in [-0.4, -0.2) is 22.1 Å². The predicted octanol–water partition coefficient (Wildman–Crippen LogP) is 0.789. The lowest BCUT2D eigenvalue weighted by Gasteiger charge is -1.98. The van der Waals surface area contributed by atoms with Crippen molar-refractivity contribution in [3.8, 4) is 0 Å². The van der Waals surface area contributed by atoms with Gasteiger partial charge in [-0.25, -0.2) is 4.79 Å². The van der Waals surface area contributed by atoms with E-state index in [2.05, 4.69) is 0 Å². The van der Waals surface area contributed by atoms with E-state index in [1.807, 2.05) is 0 Å². The SMILES string of the molecule is CC(=O)c1ccc2c(c1)oc(=O)n2CCO. The van der Waals surface area contributed by atoms with Crippen molar-refractivity contribution in [1.29, 1.82) is 0 Å². The molecule has 0 atom stereocenters. The number of carbonyl (C=O) groups is 1. The van der Waals surface area contributed by atoms with Gasteiger partial charge in [-0.1, -0.05) is 0 Å². The molecule has 5 nitrogen and oxygen atoms in total. The summed E-state index contributed by atoms with van der Waals surface area (Å²) in [5.41, 5.74) is 1.45. The predicted molar refractivity (Wildman–Crippen MR) is 57.6 cm³/mol. The number of hydrogen-bond donors (Lipinski definition) is 1. The number of Topliss-reactive ketones (excluding diaryl/α,β-unsaturated/α-hetero) is 1. The van der Waals surface area contributed by atoms with Gasteiger partial charge in [0.15, 0.2) is 11.4 Å². The largest absolute Gasteiger partial charge is 0.420 e. The van der Waals surface area contributed by atoms with Crippen molar-refractivity contribution < 1.29 is 14.3 Å². The second-order valence-electron chi connectivity index (χ2n) is 3.48. The number of aliphatic hydroxyl groups is 1. The average Bonchev–Trinajstić information content (AvgIpc) is 2.55. The summed E-state index contributed by atoms with van der Waals surface area (Å²) in [6.45, 7) is 1.50. The average molecular weight is 221 g/mol. The Labute approximate surface area is 90.9 Å². The highest BCUT2D eigenvalue weighted by molar-refractivity contribution is 5.96. The molecule has 0 aliphatic heterocycles. The number of hydrogen-bond acceptors (Lipinski definition) is 4. The van der Waals surface area contributed by atoms with Crippen LogP contribution in [0, 0.1) is 0 Å². The van der Waals surface area contributed by atoms with Gasteiger partial charge in [0.1, 0.15) is 0 Å². The van der Waals surface area contributed by atoms with Crippen molar-refractivity contribution in [3.63, 3.8) is 0 Å². The summed E-state index contributed by atoms with van der Waals surface area (Å²) >= 11 is 0. The maximum absolute atomic E-state index is 11.4. The summed E-state index contributed by atoms with van der Waals surface area (Å²) in [6.07, 6.45) is 0.